The summed E-state index contributed by atoms with van der Waals surface area (Å²) >= 11 is 0.966. The summed E-state index contributed by atoms with van der Waals surface area (Å²) in [6.45, 7) is 1.38. The summed E-state index contributed by atoms with van der Waals surface area (Å²) in [5.41, 5.74) is -0.236. The van der Waals surface area contributed by atoms with Gasteiger partial charge in [-0.25, -0.2) is 9.79 Å². The fourth-order valence-corrected chi connectivity index (χ4v) is 2.48. The predicted octanol–water partition coefficient (Wildman–Crippen LogP) is 2.05. The molecule has 0 aliphatic carbocycles. The van der Waals surface area contributed by atoms with E-state index in [1.807, 2.05) is 0 Å². The number of methoxy groups -OCH3 is 3. The van der Waals surface area contributed by atoms with Crippen LogP contribution in [-0.2, 0) is 9.59 Å². The third-order valence-corrected chi connectivity index (χ3v) is 3.85. The number of carboxylic acids is 1. The van der Waals surface area contributed by atoms with Gasteiger partial charge in [0.25, 0.3) is 5.91 Å². The number of aliphatic carboxylic acids is 1. The number of thioether (sulfide) groups is 1. The quantitative estimate of drug-likeness (QED) is 0.693. The van der Waals surface area contributed by atoms with Crippen LogP contribution in [0, 0.1) is 0 Å². The molecule has 1 N–H and O–H groups in total. The van der Waals surface area contributed by atoms with Crippen LogP contribution in [0.2, 0.25) is 0 Å². The van der Waals surface area contributed by atoms with Crippen molar-refractivity contribution in [2.45, 2.75) is 13.3 Å². The van der Waals surface area contributed by atoms with Crippen LogP contribution in [0.3, 0.4) is 0 Å². The van der Waals surface area contributed by atoms with E-state index in [4.69, 9.17) is 14.2 Å². The zero-order valence-electron chi connectivity index (χ0n) is 14.3. The first-order valence-electron chi connectivity index (χ1n) is 7.12. The van der Waals surface area contributed by atoms with E-state index in [9.17, 15) is 19.5 Å². The van der Waals surface area contributed by atoms with E-state index in [1.165, 1.54) is 40.4 Å². The van der Waals surface area contributed by atoms with Crippen molar-refractivity contribution in [3.8, 4) is 17.2 Å². The molecule has 8 nitrogen and oxygen atoms in total. The van der Waals surface area contributed by atoms with Crippen molar-refractivity contribution in [1.82, 2.24) is 0 Å². The molecule has 0 heterocycles. The number of carboxylic acid groups (broad SMARTS) is 1. The van der Waals surface area contributed by atoms with Gasteiger partial charge in [0.1, 0.15) is 5.71 Å². The van der Waals surface area contributed by atoms with Gasteiger partial charge in [-0.2, -0.15) is 0 Å². The first kappa shape index (κ1) is 20.5. The first-order valence-corrected chi connectivity index (χ1v) is 8.11. The van der Waals surface area contributed by atoms with Gasteiger partial charge in [0.15, 0.2) is 16.6 Å². The fraction of sp³-hybridized carbons (Fsp3) is 0.375. The lowest BCUT2D eigenvalue weighted by Crippen LogP contribution is -2.16. The highest BCUT2D eigenvalue weighted by Gasteiger charge is 2.19. The Morgan fingerprint density at radius 1 is 1.08 bits per heavy atom. The highest BCUT2D eigenvalue weighted by Crippen LogP contribution is 2.38. The SMILES string of the molecule is COc1cc(C(=O)N=C(CCSC(C)=O)C(=O)O)cc(OC)c1OC. The lowest BCUT2D eigenvalue weighted by Gasteiger charge is -2.13. The summed E-state index contributed by atoms with van der Waals surface area (Å²) < 4.78 is 15.5. The Hall–Kier alpha value is -2.55. The number of nitrogens with zero attached hydrogens (tertiary/aromatic N) is 1. The third kappa shape index (κ3) is 5.79. The van der Waals surface area contributed by atoms with Crippen molar-refractivity contribution in [1.29, 1.82) is 0 Å². The molecule has 1 aromatic carbocycles. The summed E-state index contributed by atoms with van der Waals surface area (Å²) in [4.78, 5) is 38.1. The van der Waals surface area contributed by atoms with E-state index in [2.05, 4.69) is 4.99 Å². The van der Waals surface area contributed by atoms with Gasteiger partial charge >= 0.3 is 5.97 Å². The van der Waals surface area contributed by atoms with Crippen molar-refractivity contribution in [2.75, 3.05) is 27.1 Å². The van der Waals surface area contributed by atoms with Gasteiger partial charge in [-0.15, -0.1) is 0 Å². The molecule has 1 aromatic rings. The van der Waals surface area contributed by atoms with Crippen molar-refractivity contribution in [3.05, 3.63) is 17.7 Å². The van der Waals surface area contributed by atoms with Crippen LogP contribution in [0.15, 0.2) is 17.1 Å². The van der Waals surface area contributed by atoms with Crippen LogP contribution in [-0.4, -0.2) is 54.9 Å². The van der Waals surface area contributed by atoms with E-state index in [0.29, 0.717) is 5.75 Å². The van der Waals surface area contributed by atoms with E-state index >= 15 is 0 Å². The van der Waals surface area contributed by atoms with E-state index in [0.717, 1.165) is 11.8 Å². The topological polar surface area (TPSA) is 111 Å². The van der Waals surface area contributed by atoms with E-state index in [-0.39, 0.29) is 40.1 Å². The second kappa shape index (κ2) is 9.67. The molecule has 1 rings (SSSR count). The minimum atomic E-state index is -1.31. The standard InChI is InChI=1S/C16H19NO7S/c1-9(18)25-6-5-11(16(20)21)17-15(19)10-7-12(22-2)14(24-4)13(8-10)23-3/h7-8H,5-6H2,1-4H3,(H,20,21). The average molecular weight is 369 g/mol. The Labute approximate surface area is 149 Å². The van der Waals surface area contributed by atoms with Gasteiger partial charge < -0.3 is 19.3 Å². The van der Waals surface area contributed by atoms with Gasteiger partial charge in [0.2, 0.25) is 5.75 Å². The molecule has 0 spiro atoms. The van der Waals surface area contributed by atoms with Gasteiger partial charge in [-0.3, -0.25) is 9.59 Å². The molecule has 0 radical (unpaired) electrons. The van der Waals surface area contributed by atoms with Gasteiger partial charge in [-0.1, -0.05) is 11.8 Å². The van der Waals surface area contributed by atoms with Crippen molar-refractivity contribution >= 4 is 34.5 Å². The lowest BCUT2D eigenvalue weighted by molar-refractivity contribution is -0.129. The Morgan fingerprint density at radius 2 is 1.64 bits per heavy atom. The number of hydrogen-bond donors (Lipinski definition) is 1. The molecular weight excluding hydrogens is 350 g/mol. The van der Waals surface area contributed by atoms with Crippen LogP contribution in [0.4, 0.5) is 0 Å². The zero-order chi connectivity index (χ0) is 19.0. The van der Waals surface area contributed by atoms with E-state index < -0.39 is 11.9 Å². The lowest BCUT2D eigenvalue weighted by atomic mass is 10.1. The largest absolute Gasteiger partial charge is 0.493 e. The molecule has 0 unspecified atom stereocenters. The van der Waals surface area contributed by atoms with Crippen molar-refractivity contribution < 1.29 is 33.7 Å². The molecule has 0 aliphatic rings. The summed E-state index contributed by atoms with van der Waals surface area (Å²) in [5.74, 6) is -1.03. The number of amides is 1. The monoisotopic (exact) mass is 369 g/mol. The first-order chi connectivity index (χ1) is 11.8. The maximum absolute atomic E-state index is 12.3. The molecule has 0 bridgehead atoms. The summed E-state index contributed by atoms with van der Waals surface area (Å²) in [7, 11) is 4.22. The van der Waals surface area contributed by atoms with Crippen LogP contribution in [0.25, 0.3) is 0 Å². The minimum absolute atomic E-state index is 0.0181. The molecule has 0 aliphatic heterocycles. The predicted molar refractivity (Wildman–Crippen MR) is 93.3 cm³/mol. The van der Waals surface area contributed by atoms with Crippen molar-refractivity contribution in [3.63, 3.8) is 0 Å². The molecule has 0 saturated heterocycles. The van der Waals surface area contributed by atoms with Crippen LogP contribution in [0.5, 0.6) is 17.2 Å². The van der Waals surface area contributed by atoms with Crippen LogP contribution in [0.1, 0.15) is 23.7 Å². The Bertz CT molecular complexity index is 675. The van der Waals surface area contributed by atoms with Crippen molar-refractivity contribution in [2.24, 2.45) is 4.99 Å². The molecule has 0 saturated carbocycles. The number of carbonyl (C=O) groups excluding carboxylic acids is 2. The third-order valence-electron chi connectivity index (χ3n) is 3.04. The summed E-state index contributed by atoms with van der Waals surface area (Å²) in [6.07, 6.45) is -0.0181. The average Bonchev–Trinajstić information content (AvgIpc) is 2.58. The number of hydrogen-bond acceptors (Lipinski definition) is 7. The molecule has 9 heteroatoms. The summed E-state index contributed by atoms with van der Waals surface area (Å²) in [6, 6.07) is 2.77. The highest BCUT2D eigenvalue weighted by atomic mass is 32.2. The summed E-state index contributed by atoms with van der Waals surface area (Å²) in [5, 5.41) is 9.03. The second-order valence-corrected chi connectivity index (χ2v) is 5.94. The molecule has 25 heavy (non-hydrogen) atoms. The Morgan fingerprint density at radius 3 is 2.04 bits per heavy atom. The van der Waals surface area contributed by atoms with Gasteiger partial charge in [0, 0.05) is 24.7 Å². The molecule has 0 fully saturated rings. The molecule has 0 atom stereocenters. The fourth-order valence-electron chi connectivity index (χ4n) is 1.89. The van der Waals surface area contributed by atoms with Gasteiger partial charge in [-0.05, 0) is 12.1 Å². The second-order valence-electron chi connectivity index (χ2n) is 4.67. The zero-order valence-corrected chi connectivity index (χ0v) is 15.1. The number of benzene rings is 1. The maximum Gasteiger partial charge on any atom is 0.350 e. The number of ether oxygens (including phenoxy) is 3. The molecule has 1 amide bonds. The molecular formula is C16H19NO7S. The minimum Gasteiger partial charge on any atom is -0.493 e. The normalized spacial score (nSPS) is 11.0. The van der Waals surface area contributed by atoms with Gasteiger partial charge in [0.05, 0.1) is 21.3 Å². The van der Waals surface area contributed by atoms with E-state index in [1.54, 1.807) is 0 Å². The maximum atomic E-state index is 12.3. The number of aliphatic imine (C=N–C) groups is 1. The highest BCUT2D eigenvalue weighted by molar-refractivity contribution is 8.13. The Kier molecular flexibility index (Phi) is 7.93. The molecule has 136 valence electrons. The smallest absolute Gasteiger partial charge is 0.350 e. The number of rotatable bonds is 8. The van der Waals surface area contributed by atoms with Crippen LogP contribution >= 0.6 is 11.8 Å². The number of carbonyl (C=O) groups is 3. The van der Waals surface area contributed by atoms with Crippen LogP contribution < -0.4 is 14.2 Å². The molecule has 0 aromatic heterocycles. The Balaban J connectivity index is 3.14.